The number of carbonyl (C=O) groups excluding carboxylic acids is 1. The zero-order valence-electron chi connectivity index (χ0n) is 12.2. The molecule has 4 heteroatoms. The zero-order valence-corrected chi connectivity index (χ0v) is 12.9. The van der Waals surface area contributed by atoms with Gasteiger partial charge in [0, 0.05) is 35.8 Å². The minimum atomic E-state index is -0.0430. The predicted molar refractivity (Wildman–Crippen MR) is 89.0 cm³/mol. The average molecular weight is 311 g/mol. The number of hydrogen-bond donors (Lipinski definition) is 0. The summed E-state index contributed by atoms with van der Waals surface area (Å²) in [7, 11) is 1.78. The van der Waals surface area contributed by atoms with Gasteiger partial charge in [0.2, 0.25) is 0 Å². The molecule has 0 bridgehead atoms. The van der Waals surface area contributed by atoms with Gasteiger partial charge in [0.05, 0.1) is 5.52 Å². The first-order valence-electron chi connectivity index (χ1n) is 6.99. The number of amides is 1. The Morgan fingerprint density at radius 3 is 2.73 bits per heavy atom. The molecule has 0 aliphatic carbocycles. The molecule has 0 aliphatic rings. The lowest BCUT2D eigenvalue weighted by Gasteiger charge is -2.19. The summed E-state index contributed by atoms with van der Waals surface area (Å²) >= 11 is 6.17. The van der Waals surface area contributed by atoms with E-state index in [2.05, 4.69) is 4.98 Å². The van der Waals surface area contributed by atoms with Crippen molar-refractivity contribution in [1.29, 1.82) is 0 Å². The molecule has 3 rings (SSSR count). The minimum Gasteiger partial charge on any atom is -0.337 e. The van der Waals surface area contributed by atoms with E-state index in [4.69, 9.17) is 11.6 Å². The maximum Gasteiger partial charge on any atom is 0.254 e. The Labute approximate surface area is 134 Å². The Hall–Kier alpha value is -2.39. The third kappa shape index (κ3) is 2.81. The van der Waals surface area contributed by atoms with E-state index in [1.165, 1.54) is 0 Å². The maximum absolute atomic E-state index is 12.7. The quantitative estimate of drug-likeness (QED) is 0.727. The second-order valence-corrected chi connectivity index (χ2v) is 5.54. The molecular formula is C18H15ClN2O. The van der Waals surface area contributed by atoms with E-state index in [9.17, 15) is 4.79 Å². The summed E-state index contributed by atoms with van der Waals surface area (Å²) in [4.78, 5) is 18.7. The van der Waals surface area contributed by atoms with Crippen molar-refractivity contribution in [2.24, 2.45) is 0 Å². The molecule has 1 heterocycles. The summed E-state index contributed by atoms with van der Waals surface area (Å²) in [6.45, 7) is 0.467. The highest BCUT2D eigenvalue weighted by molar-refractivity contribution is 6.31. The van der Waals surface area contributed by atoms with Crippen molar-refractivity contribution in [1.82, 2.24) is 9.88 Å². The van der Waals surface area contributed by atoms with Crippen molar-refractivity contribution in [2.75, 3.05) is 7.05 Å². The fraction of sp³-hybridized carbons (Fsp3) is 0.111. The Kier molecular flexibility index (Phi) is 4.07. The van der Waals surface area contributed by atoms with Crippen molar-refractivity contribution in [3.8, 4) is 0 Å². The van der Waals surface area contributed by atoms with Crippen LogP contribution in [0.5, 0.6) is 0 Å². The highest BCUT2D eigenvalue weighted by Crippen LogP contribution is 2.21. The van der Waals surface area contributed by atoms with Gasteiger partial charge in [-0.1, -0.05) is 41.9 Å². The maximum atomic E-state index is 12.7. The zero-order chi connectivity index (χ0) is 15.5. The Morgan fingerprint density at radius 2 is 1.91 bits per heavy atom. The summed E-state index contributed by atoms with van der Waals surface area (Å²) in [5, 5.41) is 1.53. The van der Waals surface area contributed by atoms with Crippen LogP contribution in [0.25, 0.3) is 10.9 Å². The molecule has 0 spiro atoms. The highest BCUT2D eigenvalue weighted by atomic mass is 35.5. The van der Waals surface area contributed by atoms with Gasteiger partial charge in [-0.3, -0.25) is 9.78 Å². The molecule has 0 saturated heterocycles. The minimum absolute atomic E-state index is 0.0430. The summed E-state index contributed by atoms with van der Waals surface area (Å²) in [5.74, 6) is -0.0430. The van der Waals surface area contributed by atoms with E-state index < -0.39 is 0 Å². The SMILES string of the molecule is CN(Cc1ccccc1Cl)C(=O)c1cccc2ncccc12. The van der Waals surface area contributed by atoms with Gasteiger partial charge in [-0.15, -0.1) is 0 Å². The lowest BCUT2D eigenvalue weighted by Crippen LogP contribution is -2.26. The Morgan fingerprint density at radius 1 is 1.09 bits per heavy atom. The smallest absolute Gasteiger partial charge is 0.254 e. The van der Waals surface area contributed by atoms with Crippen molar-refractivity contribution in [2.45, 2.75) is 6.54 Å². The molecule has 3 aromatic rings. The first kappa shape index (κ1) is 14.5. The molecule has 1 aromatic heterocycles. The van der Waals surface area contributed by atoms with Gasteiger partial charge in [0.25, 0.3) is 5.91 Å². The number of halogens is 1. The number of rotatable bonds is 3. The molecule has 0 saturated carbocycles. The number of nitrogens with zero attached hydrogens (tertiary/aromatic N) is 2. The topological polar surface area (TPSA) is 33.2 Å². The monoisotopic (exact) mass is 310 g/mol. The van der Waals surface area contributed by atoms with Crippen LogP contribution >= 0.6 is 11.6 Å². The molecule has 0 fully saturated rings. The van der Waals surface area contributed by atoms with Gasteiger partial charge in [0.1, 0.15) is 0 Å². The molecular weight excluding hydrogens is 296 g/mol. The Balaban J connectivity index is 1.91. The summed E-state index contributed by atoms with van der Waals surface area (Å²) in [6, 6.07) is 16.9. The van der Waals surface area contributed by atoms with Gasteiger partial charge in [-0.05, 0) is 29.8 Å². The number of fused-ring (bicyclic) bond motifs is 1. The number of aromatic nitrogens is 1. The van der Waals surface area contributed by atoms with E-state index in [0.29, 0.717) is 17.1 Å². The van der Waals surface area contributed by atoms with Crippen molar-refractivity contribution < 1.29 is 4.79 Å². The normalized spacial score (nSPS) is 10.6. The largest absolute Gasteiger partial charge is 0.337 e. The standard InChI is InChI=1S/C18H15ClN2O/c1-21(12-13-6-2-3-9-16(13)19)18(22)15-7-4-10-17-14(15)8-5-11-20-17/h2-11H,12H2,1H3. The molecule has 0 aliphatic heterocycles. The van der Waals surface area contributed by atoms with Gasteiger partial charge < -0.3 is 4.90 Å². The van der Waals surface area contributed by atoms with Crippen LogP contribution in [-0.2, 0) is 6.54 Å². The van der Waals surface area contributed by atoms with Crippen LogP contribution in [0.2, 0.25) is 5.02 Å². The van der Waals surface area contributed by atoms with Crippen LogP contribution in [0.3, 0.4) is 0 Å². The molecule has 3 nitrogen and oxygen atoms in total. The predicted octanol–water partition coefficient (Wildman–Crippen LogP) is 4.16. The summed E-state index contributed by atoms with van der Waals surface area (Å²) in [6.07, 6.45) is 1.73. The number of pyridine rings is 1. The van der Waals surface area contributed by atoms with Gasteiger partial charge >= 0.3 is 0 Å². The second kappa shape index (κ2) is 6.16. The van der Waals surface area contributed by atoms with Gasteiger partial charge in [0.15, 0.2) is 0 Å². The second-order valence-electron chi connectivity index (χ2n) is 5.13. The van der Waals surface area contributed by atoms with Crippen LogP contribution in [0.4, 0.5) is 0 Å². The molecule has 0 N–H and O–H groups in total. The molecule has 1 amide bonds. The first-order chi connectivity index (χ1) is 10.7. The van der Waals surface area contributed by atoms with Crippen LogP contribution < -0.4 is 0 Å². The van der Waals surface area contributed by atoms with Crippen LogP contribution in [0, 0.1) is 0 Å². The lowest BCUT2D eigenvalue weighted by atomic mass is 10.1. The van der Waals surface area contributed by atoms with E-state index in [1.54, 1.807) is 18.1 Å². The molecule has 2 aromatic carbocycles. The number of carbonyl (C=O) groups is 1. The Bertz CT molecular complexity index is 827. The van der Waals surface area contributed by atoms with Crippen LogP contribution in [0.15, 0.2) is 60.8 Å². The van der Waals surface area contributed by atoms with Crippen LogP contribution in [0.1, 0.15) is 15.9 Å². The van der Waals surface area contributed by atoms with E-state index >= 15 is 0 Å². The fourth-order valence-corrected chi connectivity index (χ4v) is 2.64. The summed E-state index contributed by atoms with van der Waals surface area (Å²) in [5.41, 5.74) is 2.40. The third-order valence-corrected chi connectivity index (χ3v) is 3.96. The highest BCUT2D eigenvalue weighted by Gasteiger charge is 2.15. The van der Waals surface area contributed by atoms with Crippen molar-refractivity contribution in [3.05, 3.63) is 76.9 Å². The van der Waals surface area contributed by atoms with E-state index in [0.717, 1.165) is 16.5 Å². The average Bonchev–Trinajstić information content (AvgIpc) is 2.55. The molecule has 22 heavy (non-hydrogen) atoms. The summed E-state index contributed by atoms with van der Waals surface area (Å²) < 4.78 is 0. The molecule has 0 atom stereocenters. The van der Waals surface area contributed by atoms with Crippen molar-refractivity contribution in [3.63, 3.8) is 0 Å². The van der Waals surface area contributed by atoms with E-state index in [-0.39, 0.29) is 5.91 Å². The number of benzene rings is 2. The van der Waals surface area contributed by atoms with Gasteiger partial charge in [-0.25, -0.2) is 0 Å². The lowest BCUT2D eigenvalue weighted by molar-refractivity contribution is 0.0787. The van der Waals surface area contributed by atoms with Crippen LogP contribution in [-0.4, -0.2) is 22.8 Å². The molecule has 0 unspecified atom stereocenters. The molecule has 110 valence electrons. The fourth-order valence-electron chi connectivity index (χ4n) is 2.45. The van der Waals surface area contributed by atoms with Crippen molar-refractivity contribution >= 4 is 28.4 Å². The number of hydrogen-bond acceptors (Lipinski definition) is 2. The van der Waals surface area contributed by atoms with E-state index in [1.807, 2.05) is 54.6 Å². The molecule has 0 radical (unpaired) electrons. The third-order valence-electron chi connectivity index (χ3n) is 3.59. The first-order valence-corrected chi connectivity index (χ1v) is 7.37. The van der Waals surface area contributed by atoms with Gasteiger partial charge in [-0.2, -0.15) is 0 Å².